The van der Waals surface area contributed by atoms with Gasteiger partial charge in [-0.15, -0.1) is 24.0 Å². The molecule has 1 aromatic heterocycles. The Balaban J connectivity index is 0.00000225. The maximum atomic E-state index is 6.00. The van der Waals surface area contributed by atoms with Gasteiger partial charge in [-0.1, -0.05) is 42.8 Å². The zero-order chi connectivity index (χ0) is 16.6. The van der Waals surface area contributed by atoms with Crippen molar-refractivity contribution >= 4 is 35.8 Å². The van der Waals surface area contributed by atoms with Gasteiger partial charge in [0, 0.05) is 18.8 Å². The smallest absolute Gasteiger partial charge is 0.194 e. The molecule has 0 amide bonds. The molecule has 0 bridgehead atoms. The number of rotatable bonds is 5. The molecule has 134 valence electrons. The van der Waals surface area contributed by atoms with Crippen LogP contribution in [0.25, 0.3) is 0 Å². The fourth-order valence-electron chi connectivity index (χ4n) is 3.10. The van der Waals surface area contributed by atoms with Crippen molar-refractivity contribution < 1.29 is 0 Å². The highest BCUT2D eigenvalue weighted by atomic mass is 127. The molecule has 0 aliphatic carbocycles. The van der Waals surface area contributed by atoms with Crippen molar-refractivity contribution in [3.63, 3.8) is 0 Å². The average molecular weight is 451 g/mol. The highest BCUT2D eigenvalue weighted by molar-refractivity contribution is 14.0. The molecule has 1 aliphatic rings. The number of likely N-dealkylation sites (tertiary alicyclic amines) is 1. The standard InChI is InChI=1S/C19H25N5.HI/c20-19(23-18-11-4-6-12-21-18)22-14-17-10-5-7-13-24(17)15-16-8-2-1-3-9-16;/h1-4,6,8-9,11-12,17H,5,7,10,13-15H2,(H3,20,21,22,23);1H. The Morgan fingerprint density at radius 2 is 1.96 bits per heavy atom. The average Bonchev–Trinajstić information content (AvgIpc) is 2.63. The van der Waals surface area contributed by atoms with Crippen LogP contribution in [0.15, 0.2) is 59.7 Å². The fraction of sp³-hybridized carbons (Fsp3) is 0.368. The molecular formula is C19H26IN5. The van der Waals surface area contributed by atoms with Gasteiger partial charge in [-0.3, -0.25) is 9.89 Å². The van der Waals surface area contributed by atoms with Crippen LogP contribution in [0, 0.1) is 0 Å². The summed E-state index contributed by atoms with van der Waals surface area (Å²) >= 11 is 0. The van der Waals surface area contributed by atoms with Crippen LogP contribution < -0.4 is 11.1 Å². The van der Waals surface area contributed by atoms with E-state index in [1.807, 2.05) is 18.2 Å². The van der Waals surface area contributed by atoms with Crippen LogP contribution in [0.1, 0.15) is 24.8 Å². The molecule has 2 heterocycles. The van der Waals surface area contributed by atoms with E-state index in [4.69, 9.17) is 5.73 Å². The van der Waals surface area contributed by atoms with Gasteiger partial charge >= 0.3 is 0 Å². The third kappa shape index (κ3) is 6.28. The number of guanidine groups is 1. The topological polar surface area (TPSA) is 66.5 Å². The lowest BCUT2D eigenvalue weighted by Gasteiger charge is -2.35. The number of nitrogens with one attached hydrogen (secondary N) is 1. The minimum atomic E-state index is 0. The number of pyridine rings is 1. The molecule has 1 atom stereocenters. The summed E-state index contributed by atoms with van der Waals surface area (Å²) in [5.74, 6) is 1.16. The van der Waals surface area contributed by atoms with E-state index in [0.717, 1.165) is 25.5 Å². The number of hydrogen-bond donors (Lipinski definition) is 2. The van der Waals surface area contributed by atoms with Crippen LogP contribution in [-0.4, -0.2) is 35.0 Å². The van der Waals surface area contributed by atoms with Gasteiger partial charge in [0.05, 0.1) is 6.54 Å². The minimum absolute atomic E-state index is 0. The lowest BCUT2D eigenvalue weighted by atomic mass is 10.0. The van der Waals surface area contributed by atoms with Crippen molar-refractivity contribution in [2.45, 2.75) is 31.8 Å². The first-order valence-corrected chi connectivity index (χ1v) is 8.57. The van der Waals surface area contributed by atoms with Crippen molar-refractivity contribution in [1.82, 2.24) is 9.88 Å². The maximum Gasteiger partial charge on any atom is 0.194 e. The molecule has 0 spiro atoms. The summed E-state index contributed by atoms with van der Waals surface area (Å²) in [4.78, 5) is 11.3. The van der Waals surface area contributed by atoms with Gasteiger partial charge in [-0.05, 0) is 37.1 Å². The third-order valence-electron chi connectivity index (χ3n) is 4.37. The van der Waals surface area contributed by atoms with Gasteiger partial charge in [0.2, 0.25) is 0 Å². The van der Waals surface area contributed by atoms with Crippen LogP contribution >= 0.6 is 24.0 Å². The monoisotopic (exact) mass is 451 g/mol. The van der Waals surface area contributed by atoms with E-state index < -0.39 is 0 Å². The van der Waals surface area contributed by atoms with Gasteiger partial charge < -0.3 is 11.1 Å². The summed E-state index contributed by atoms with van der Waals surface area (Å²) in [5, 5.41) is 3.04. The van der Waals surface area contributed by atoms with E-state index in [1.54, 1.807) is 6.20 Å². The Hall–Kier alpha value is -1.67. The second-order valence-electron chi connectivity index (χ2n) is 6.17. The summed E-state index contributed by atoms with van der Waals surface area (Å²) in [6, 6.07) is 16.8. The van der Waals surface area contributed by atoms with Crippen LogP contribution in [0.4, 0.5) is 5.82 Å². The Kier molecular flexibility index (Phi) is 8.14. The molecular weight excluding hydrogens is 425 g/mol. The summed E-state index contributed by atoms with van der Waals surface area (Å²) in [5.41, 5.74) is 7.36. The molecule has 3 N–H and O–H groups in total. The van der Waals surface area contributed by atoms with Crippen LogP contribution in [0.2, 0.25) is 0 Å². The zero-order valence-electron chi connectivity index (χ0n) is 14.3. The Morgan fingerprint density at radius 1 is 1.16 bits per heavy atom. The molecule has 1 aliphatic heterocycles. The van der Waals surface area contributed by atoms with Crippen molar-refractivity contribution in [1.29, 1.82) is 0 Å². The van der Waals surface area contributed by atoms with Gasteiger partial charge in [-0.25, -0.2) is 4.98 Å². The molecule has 0 radical (unpaired) electrons. The molecule has 25 heavy (non-hydrogen) atoms. The third-order valence-corrected chi connectivity index (χ3v) is 4.37. The number of nitrogens with two attached hydrogens (primary N) is 1. The molecule has 0 saturated carbocycles. The van der Waals surface area contributed by atoms with Crippen molar-refractivity contribution in [3.8, 4) is 0 Å². The number of hydrogen-bond acceptors (Lipinski definition) is 3. The number of nitrogens with zero attached hydrogens (tertiary/aromatic N) is 3. The predicted molar refractivity (Wildman–Crippen MR) is 114 cm³/mol. The first kappa shape index (κ1) is 19.7. The first-order chi connectivity index (χ1) is 11.8. The van der Waals surface area contributed by atoms with Crippen molar-refractivity contribution in [3.05, 3.63) is 60.3 Å². The fourth-order valence-corrected chi connectivity index (χ4v) is 3.10. The number of piperidine rings is 1. The lowest BCUT2D eigenvalue weighted by molar-refractivity contribution is 0.145. The summed E-state index contributed by atoms with van der Waals surface area (Å²) < 4.78 is 0. The molecule has 1 fully saturated rings. The number of aliphatic imine (C=N–C) groups is 1. The largest absolute Gasteiger partial charge is 0.370 e. The molecule has 1 saturated heterocycles. The summed E-state index contributed by atoms with van der Waals surface area (Å²) in [6.07, 6.45) is 5.43. The molecule has 3 rings (SSSR count). The van der Waals surface area contributed by atoms with Gasteiger partial charge in [-0.2, -0.15) is 0 Å². The number of halogens is 1. The summed E-state index contributed by atoms with van der Waals surface area (Å²) in [7, 11) is 0. The SMILES string of the molecule is I.NC(=NCC1CCCCN1Cc1ccccc1)Nc1ccccn1. The molecule has 1 aromatic carbocycles. The first-order valence-electron chi connectivity index (χ1n) is 8.57. The summed E-state index contributed by atoms with van der Waals surface area (Å²) in [6.45, 7) is 2.83. The van der Waals surface area contributed by atoms with Gasteiger partial charge in [0.25, 0.3) is 0 Å². The van der Waals surface area contributed by atoms with Crippen LogP contribution in [-0.2, 0) is 6.54 Å². The second kappa shape index (κ2) is 10.4. The van der Waals surface area contributed by atoms with Crippen molar-refractivity contribution in [2.24, 2.45) is 10.7 Å². The van der Waals surface area contributed by atoms with E-state index >= 15 is 0 Å². The molecule has 6 heteroatoms. The van der Waals surface area contributed by atoms with Crippen LogP contribution in [0.3, 0.4) is 0 Å². The predicted octanol–water partition coefficient (Wildman–Crippen LogP) is 3.48. The maximum absolute atomic E-state index is 6.00. The zero-order valence-corrected chi connectivity index (χ0v) is 16.7. The van der Waals surface area contributed by atoms with E-state index in [9.17, 15) is 0 Å². The number of benzene rings is 1. The Labute approximate surface area is 166 Å². The van der Waals surface area contributed by atoms with E-state index in [1.165, 1.54) is 24.8 Å². The normalized spacial score (nSPS) is 18.4. The highest BCUT2D eigenvalue weighted by Gasteiger charge is 2.22. The molecule has 2 aromatic rings. The van der Waals surface area contributed by atoms with E-state index in [0.29, 0.717) is 12.0 Å². The number of anilines is 1. The molecule has 1 unspecified atom stereocenters. The lowest BCUT2D eigenvalue weighted by Crippen LogP contribution is -2.41. The quantitative estimate of drug-likeness (QED) is 0.415. The van der Waals surface area contributed by atoms with Crippen molar-refractivity contribution in [2.75, 3.05) is 18.4 Å². The van der Waals surface area contributed by atoms with Crippen LogP contribution in [0.5, 0.6) is 0 Å². The Bertz CT molecular complexity index is 647. The molecule has 5 nitrogen and oxygen atoms in total. The van der Waals surface area contributed by atoms with Gasteiger partial charge in [0.15, 0.2) is 5.96 Å². The van der Waals surface area contributed by atoms with E-state index in [2.05, 4.69) is 50.5 Å². The second-order valence-corrected chi connectivity index (χ2v) is 6.17. The highest BCUT2D eigenvalue weighted by Crippen LogP contribution is 2.20. The van der Waals surface area contributed by atoms with E-state index in [-0.39, 0.29) is 24.0 Å². The van der Waals surface area contributed by atoms with Gasteiger partial charge in [0.1, 0.15) is 5.82 Å². The minimum Gasteiger partial charge on any atom is -0.370 e. The number of aromatic nitrogens is 1. The Morgan fingerprint density at radius 3 is 2.72 bits per heavy atom.